The highest BCUT2D eigenvalue weighted by Crippen LogP contribution is 2.28. The van der Waals surface area contributed by atoms with Crippen LogP contribution in [0.2, 0.25) is 0 Å². The molecule has 3 aromatic rings. The molecule has 0 atom stereocenters. The molecule has 1 aliphatic heterocycles. The topological polar surface area (TPSA) is 75.9 Å². The Morgan fingerprint density at radius 2 is 1.58 bits per heavy atom. The van der Waals surface area contributed by atoms with Gasteiger partial charge in [-0.05, 0) is 48.1 Å². The second kappa shape index (κ2) is 13.8. The zero-order valence-electron chi connectivity index (χ0n) is 22.3. The second-order valence-electron chi connectivity index (χ2n) is 10.1. The van der Waals surface area contributed by atoms with Gasteiger partial charge in [-0.3, -0.25) is 14.5 Å². The minimum absolute atomic E-state index is 0.161. The van der Waals surface area contributed by atoms with E-state index in [9.17, 15) is 9.59 Å². The number of hydrogen-bond acceptors (Lipinski definition) is 4. The van der Waals surface area contributed by atoms with E-state index in [1.54, 1.807) is 6.92 Å². The molecule has 38 heavy (non-hydrogen) atoms. The van der Waals surface area contributed by atoms with E-state index in [4.69, 9.17) is 10.5 Å². The van der Waals surface area contributed by atoms with E-state index < -0.39 is 0 Å². The first-order valence-corrected chi connectivity index (χ1v) is 13.6. The van der Waals surface area contributed by atoms with Crippen LogP contribution in [-0.2, 0) is 16.0 Å². The molecule has 0 aromatic heterocycles. The molecule has 0 unspecified atom stereocenters. The number of rotatable bonds is 12. The summed E-state index contributed by atoms with van der Waals surface area (Å²) in [5, 5.41) is 0. The van der Waals surface area contributed by atoms with Crippen LogP contribution >= 0.6 is 0 Å². The van der Waals surface area contributed by atoms with Gasteiger partial charge >= 0.3 is 0 Å². The molecule has 6 heteroatoms. The summed E-state index contributed by atoms with van der Waals surface area (Å²) in [6.07, 6.45) is 3.05. The quantitative estimate of drug-likeness (QED) is 0.359. The minimum atomic E-state index is -0.347. The van der Waals surface area contributed by atoms with Gasteiger partial charge in [0.25, 0.3) is 0 Å². The number of amides is 2. The molecule has 0 saturated carbocycles. The van der Waals surface area contributed by atoms with E-state index in [2.05, 4.69) is 65.6 Å². The summed E-state index contributed by atoms with van der Waals surface area (Å²) in [6, 6.07) is 29.5. The third-order valence-corrected chi connectivity index (χ3v) is 7.38. The molecule has 2 N–H and O–H groups in total. The molecule has 1 fully saturated rings. The summed E-state index contributed by atoms with van der Waals surface area (Å²) in [5.41, 5.74) is 8.83. The summed E-state index contributed by atoms with van der Waals surface area (Å²) >= 11 is 0. The Hall–Kier alpha value is -3.64. The van der Waals surface area contributed by atoms with Crippen LogP contribution < -0.4 is 10.5 Å². The average Bonchev–Trinajstić information content (AvgIpc) is 2.93. The molecule has 1 heterocycles. The highest BCUT2D eigenvalue weighted by molar-refractivity contribution is 5.76. The predicted molar refractivity (Wildman–Crippen MR) is 151 cm³/mol. The van der Waals surface area contributed by atoms with Gasteiger partial charge in [-0.15, -0.1) is 0 Å². The van der Waals surface area contributed by atoms with Crippen LogP contribution in [0.4, 0.5) is 0 Å². The van der Waals surface area contributed by atoms with Crippen molar-refractivity contribution < 1.29 is 14.3 Å². The highest BCUT2D eigenvalue weighted by atomic mass is 16.5. The number of carbonyl (C=O) groups excluding carboxylic acids is 2. The predicted octanol–water partition coefficient (Wildman–Crippen LogP) is 4.63. The van der Waals surface area contributed by atoms with Crippen LogP contribution in [0.15, 0.2) is 84.9 Å². The molecule has 6 nitrogen and oxygen atoms in total. The third kappa shape index (κ3) is 7.93. The molecule has 3 aromatic carbocycles. The number of piperidine rings is 1. The highest BCUT2D eigenvalue weighted by Gasteiger charge is 2.28. The van der Waals surface area contributed by atoms with Crippen molar-refractivity contribution in [2.75, 3.05) is 32.8 Å². The summed E-state index contributed by atoms with van der Waals surface area (Å²) in [5.74, 6) is 0.833. The molecule has 0 spiro atoms. The second-order valence-corrected chi connectivity index (χ2v) is 10.1. The van der Waals surface area contributed by atoms with E-state index in [1.807, 2.05) is 29.2 Å². The third-order valence-electron chi connectivity index (χ3n) is 7.38. The first kappa shape index (κ1) is 27.4. The molecule has 1 saturated heterocycles. The lowest BCUT2D eigenvalue weighted by atomic mass is 9.89. The zero-order valence-corrected chi connectivity index (χ0v) is 22.3. The van der Waals surface area contributed by atoms with Crippen molar-refractivity contribution in [3.8, 4) is 5.75 Å². The molecule has 200 valence electrons. The Kier molecular flexibility index (Phi) is 9.93. The van der Waals surface area contributed by atoms with Gasteiger partial charge in [0.15, 0.2) is 0 Å². The monoisotopic (exact) mass is 513 g/mol. The summed E-state index contributed by atoms with van der Waals surface area (Å²) in [7, 11) is 0. The number of carbonyl (C=O) groups is 2. The Balaban J connectivity index is 1.45. The van der Waals surface area contributed by atoms with Crippen molar-refractivity contribution >= 4 is 11.8 Å². The van der Waals surface area contributed by atoms with Gasteiger partial charge in [0.1, 0.15) is 5.75 Å². The van der Waals surface area contributed by atoms with Crippen molar-refractivity contribution in [1.82, 2.24) is 9.80 Å². The first-order valence-electron chi connectivity index (χ1n) is 13.6. The summed E-state index contributed by atoms with van der Waals surface area (Å²) in [4.78, 5) is 27.8. The zero-order chi connectivity index (χ0) is 26.7. The van der Waals surface area contributed by atoms with Crippen molar-refractivity contribution in [3.05, 3.63) is 102 Å². The molecular formula is C32H39N3O3. The molecule has 0 radical (unpaired) electrons. The lowest BCUT2D eigenvalue weighted by Crippen LogP contribution is -2.47. The van der Waals surface area contributed by atoms with Gasteiger partial charge in [0.2, 0.25) is 11.8 Å². The number of primary amides is 1. The number of nitrogens with two attached hydrogens (primary N) is 1. The van der Waals surface area contributed by atoms with E-state index in [-0.39, 0.29) is 24.2 Å². The van der Waals surface area contributed by atoms with Crippen molar-refractivity contribution in [3.63, 3.8) is 0 Å². The van der Waals surface area contributed by atoms with Gasteiger partial charge in [0, 0.05) is 45.1 Å². The fourth-order valence-electron chi connectivity index (χ4n) is 5.38. The number of ether oxygens (including phenoxy) is 1. The molecule has 0 bridgehead atoms. The van der Waals surface area contributed by atoms with Gasteiger partial charge in [-0.1, -0.05) is 72.8 Å². The Bertz CT molecular complexity index is 1120. The van der Waals surface area contributed by atoms with E-state index in [1.165, 1.54) is 11.1 Å². The normalized spacial score (nSPS) is 14.1. The van der Waals surface area contributed by atoms with Crippen LogP contribution in [0.1, 0.15) is 48.8 Å². The molecule has 1 aliphatic rings. The maximum Gasteiger partial charge on any atom is 0.221 e. The van der Waals surface area contributed by atoms with E-state index in [0.29, 0.717) is 12.6 Å². The lowest BCUT2D eigenvalue weighted by Gasteiger charge is -2.40. The number of hydrogen-bond donors (Lipinski definition) is 1. The Morgan fingerprint density at radius 1 is 0.947 bits per heavy atom. The van der Waals surface area contributed by atoms with Crippen LogP contribution in [0.25, 0.3) is 0 Å². The van der Waals surface area contributed by atoms with Crippen molar-refractivity contribution in [2.24, 2.45) is 5.73 Å². The first-order chi connectivity index (χ1) is 18.5. The van der Waals surface area contributed by atoms with Crippen molar-refractivity contribution in [1.29, 1.82) is 0 Å². The number of benzene rings is 3. The summed E-state index contributed by atoms with van der Waals surface area (Å²) in [6.45, 7) is 5.68. The maximum absolute atomic E-state index is 11.9. The van der Waals surface area contributed by atoms with Crippen LogP contribution in [0.3, 0.4) is 0 Å². The molecule has 2 amide bonds. The summed E-state index contributed by atoms with van der Waals surface area (Å²) < 4.78 is 6.06. The van der Waals surface area contributed by atoms with Crippen LogP contribution in [0.5, 0.6) is 5.75 Å². The Morgan fingerprint density at radius 3 is 2.16 bits per heavy atom. The maximum atomic E-state index is 11.9. The van der Waals surface area contributed by atoms with Gasteiger partial charge in [0.05, 0.1) is 13.0 Å². The minimum Gasteiger partial charge on any atom is -0.494 e. The van der Waals surface area contributed by atoms with Crippen LogP contribution in [-0.4, -0.2) is 60.4 Å². The SMILES string of the molecule is CC(=O)N1CCC(N(CCCOc2cccc(CC(N)=O)c2)CC(c2ccccc2)c2ccccc2)CC1. The van der Waals surface area contributed by atoms with E-state index >= 15 is 0 Å². The lowest BCUT2D eigenvalue weighted by molar-refractivity contribution is -0.130. The fraction of sp³-hybridized carbons (Fsp3) is 0.375. The van der Waals surface area contributed by atoms with Gasteiger partial charge in [-0.2, -0.15) is 0 Å². The number of likely N-dealkylation sites (tertiary alicyclic amines) is 1. The van der Waals surface area contributed by atoms with E-state index in [0.717, 1.165) is 56.8 Å². The smallest absolute Gasteiger partial charge is 0.221 e. The Labute approximate surface area is 226 Å². The number of nitrogens with zero attached hydrogens (tertiary/aromatic N) is 2. The fourth-order valence-corrected chi connectivity index (χ4v) is 5.38. The average molecular weight is 514 g/mol. The van der Waals surface area contributed by atoms with Crippen molar-refractivity contribution in [2.45, 2.75) is 44.6 Å². The molecule has 0 aliphatic carbocycles. The van der Waals surface area contributed by atoms with Crippen LogP contribution in [0, 0.1) is 0 Å². The molecular weight excluding hydrogens is 474 g/mol. The largest absolute Gasteiger partial charge is 0.494 e. The molecule has 4 rings (SSSR count). The van der Waals surface area contributed by atoms with Gasteiger partial charge < -0.3 is 15.4 Å². The van der Waals surface area contributed by atoms with Gasteiger partial charge in [-0.25, -0.2) is 0 Å². The standard InChI is InChI=1S/C32H39N3O3/c1-25(36)34-19-16-29(17-20-34)35(18-9-21-38-30-15-8-10-26(22-30)23-32(33)37)24-31(27-11-4-2-5-12-27)28-13-6-3-7-14-28/h2-8,10-15,22,29,31H,9,16-21,23-24H2,1H3,(H2,33,37).